The monoisotopic (exact) mass is 1560 g/mol. The Bertz CT molecular complexity index is 4290. The van der Waals surface area contributed by atoms with Crippen LogP contribution in [-0.4, -0.2) is 131 Å². The van der Waals surface area contributed by atoms with Gasteiger partial charge in [0, 0.05) is 86.1 Å². The predicted octanol–water partition coefficient (Wildman–Crippen LogP) is 12.8. The van der Waals surface area contributed by atoms with Gasteiger partial charge in [-0.25, -0.2) is 0 Å². The second-order valence-corrected chi connectivity index (χ2v) is 24.5. The highest BCUT2D eigenvalue weighted by Gasteiger charge is 2.27. The molecule has 8 N–H and O–H groups in total. The number of carboxylic acid groups (broad SMARTS) is 1. The van der Waals surface area contributed by atoms with Crippen molar-refractivity contribution in [2.24, 2.45) is 27.2 Å². The molecule has 109 heavy (non-hydrogen) atoms. The fourth-order valence-corrected chi connectivity index (χ4v) is 11.4. The number of aryl methyl sites for hydroxylation is 3. The van der Waals surface area contributed by atoms with Crippen molar-refractivity contribution in [3.8, 4) is 34.5 Å². The maximum atomic E-state index is 12.2. The second-order valence-electron chi connectivity index (χ2n) is 24.5. The van der Waals surface area contributed by atoms with Crippen molar-refractivity contribution < 1.29 is 75.7 Å². The van der Waals surface area contributed by atoms with Crippen LogP contribution in [0.15, 0.2) is 169 Å². The number of ether oxygens (including phenoxy) is 9. The molecule has 0 radical (unpaired) electrons. The molecule has 0 saturated carbocycles. The highest BCUT2D eigenvalue weighted by atomic mass is 35.5. The van der Waals surface area contributed by atoms with Gasteiger partial charge in [0.15, 0.2) is 52.0 Å². The summed E-state index contributed by atoms with van der Waals surface area (Å²) < 4.78 is 64.0. The number of carboxylic acids is 1. The Balaban J connectivity index is 0.000000237. The summed E-state index contributed by atoms with van der Waals surface area (Å²) in [6.07, 6.45) is 8.87. The van der Waals surface area contributed by atoms with Gasteiger partial charge < -0.3 is 78.5 Å². The average molecular weight is 1560 g/mol. The maximum Gasteiger partial charge on any atom is 0.306 e. The van der Waals surface area contributed by atoms with E-state index in [4.69, 9.17) is 78.8 Å². The van der Waals surface area contributed by atoms with Gasteiger partial charge in [0.2, 0.25) is 43.9 Å². The van der Waals surface area contributed by atoms with Crippen LogP contribution in [-0.2, 0) is 67.1 Å². The summed E-state index contributed by atoms with van der Waals surface area (Å²) in [4.78, 5) is 58.0. The van der Waals surface area contributed by atoms with Gasteiger partial charge in [0.25, 0.3) is 0 Å². The van der Waals surface area contributed by atoms with E-state index in [9.17, 15) is 19.5 Å². The Morgan fingerprint density at radius 3 is 1.12 bits per heavy atom. The van der Waals surface area contributed by atoms with Gasteiger partial charge >= 0.3 is 17.9 Å². The normalized spacial score (nSPS) is 12.8. The van der Waals surface area contributed by atoms with Crippen molar-refractivity contribution in [3.63, 3.8) is 0 Å². The Kier molecular flexibility index (Phi) is 37.6. The fourth-order valence-electron chi connectivity index (χ4n) is 11.4. The lowest BCUT2D eigenvalue weighted by Gasteiger charge is -2.15. The maximum absolute atomic E-state index is 12.2. The van der Waals surface area contributed by atoms with Gasteiger partial charge in [-0.2, -0.15) is 15.0 Å². The van der Waals surface area contributed by atoms with E-state index >= 15 is 0 Å². The molecular weight excluding hydrogens is 1470 g/mol. The summed E-state index contributed by atoms with van der Waals surface area (Å²) in [5, 5.41) is 28.9. The Hall–Kier alpha value is -10.8. The summed E-state index contributed by atoms with van der Waals surface area (Å²) in [6, 6.07) is 45.6. The number of rotatable bonds is 35. The molecule has 3 atom stereocenters. The summed E-state index contributed by atoms with van der Waals surface area (Å²) >= 11 is 0. The zero-order valence-corrected chi connectivity index (χ0v) is 63.6. The topological polar surface area (TPSA) is 398 Å². The zero-order chi connectivity index (χ0) is 74.7. The molecule has 12 rings (SSSR count). The van der Waals surface area contributed by atoms with E-state index in [1.54, 1.807) is 19.9 Å². The number of nitrogens with zero attached hydrogens (tertiary/aromatic N) is 8. The van der Waals surface area contributed by atoms with E-state index in [-0.39, 0.29) is 112 Å². The van der Waals surface area contributed by atoms with Gasteiger partial charge in [0.1, 0.15) is 11.7 Å². The molecule has 3 aliphatic heterocycles. The molecule has 0 spiro atoms. The molecule has 6 aromatic carbocycles. The van der Waals surface area contributed by atoms with E-state index in [0.29, 0.717) is 153 Å². The third kappa shape index (κ3) is 28.7. The van der Waals surface area contributed by atoms with Crippen molar-refractivity contribution in [1.82, 2.24) is 30.4 Å². The van der Waals surface area contributed by atoms with Gasteiger partial charge in [-0.3, -0.25) is 29.8 Å². The van der Waals surface area contributed by atoms with Crippen molar-refractivity contribution >= 4 is 72.7 Å². The molecule has 0 saturated heterocycles. The van der Waals surface area contributed by atoms with Gasteiger partial charge in [-0.15, -0.1) is 37.2 Å². The van der Waals surface area contributed by atoms with E-state index in [2.05, 4.69) is 40.4 Å². The second kappa shape index (κ2) is 47.1. The minimum Gasteiger partial charge on any atom is -0.481 e. The fraction of sp³-hybridized carbons (Fsp3) is 0.385. The SMILES string of the molecule is CCOC(=N)c1ccccc1.CCOC(=O)CC(Cc1nc(CCCCN)no1)c1ccc2c(c1)OCO2.CCOC(=O)CC(Cc1nc(CCCCN=C(N)c2ccccc2)no1)c1ccc2c(c1)OCO2.Cl.Cl.Cl.NC(=NCCCCc1noc(CC(CC(=O)O)c2ccc3c(c2)OCO3)n1)c1ccccc1. The summed E-state index contributed by atoms with van der Waals surface area (Å²) in [6.45, 7) is 9.15. The molecule has 3 aromatic heterocycles. The number of amidine groups is 2. The van der Waals surface area contributed by atoms with Crippen LogP contribution in [0.2, 0.25) is 0 Å². The number of unbranched alkanes of at least 4 members (excludes halogenated alkanes) is 3. The lowest BCUT2D eigenvalue weighted by molar-refractivity contribution is -0.144. The number of nitrogens with two attached hydrogens (primary N) is 3. The third-order valence-electron chi connectivity index (χ3n) is 16.8. The van der Waals surface area contributed by atoms with Crippen molar-refractivity contribution in [2.45, 2.75) is 135 Å². The number of aromatic nitrogens is 6. The van der Waals surface area contributed by atoms with Crippen LogP contribution in [0.25, 0.3) is 0 Å². The van der Waals surface area contributed by atoms with E-state index in [1.807, 2.05) is 146 Å². The van der Waals surface area contributed by atoms with Crippen molar-refractivity contribution in [1.29, 1.82) is 5.41 Å². The summed E-state index contributed by atoms with van der Waals surface area (Å²) in [5.74, 6) is 6.55. The van der Waals surface area contributed by atoms with E-state index in [1.165, 1.54) is 0 Å². The zero-order valence-electron chi connectivity index (χ0n) is 61.2. The highest BCUT2D eigenvalue weighted by molar-refractivity contribution is 5.98. The minimum atomic E-state index is -0.896. The molecule has 0 bridgehead atoms. The largest absolute Gasteiger partial charge is 0.481 e. The summed E-state index contributed by atoms with van der Waals surface area (Å²) in [5.41, 5.74) is 22.9. The first-order chi connectivity index (χ1) is 51.7. The number of esters is 2. The Labute approximate surface area is 651 Å². The third-order valence-corrected chi connectivity index (χ3v) is 16.8. The standard InChI is InChI=1S/C26H30N4O5.C24H26N4O5.C19H25N3O5.C9H11NO.3ClH/c1-2-32-25(31)16-20(19-11-12-21-22(14-19)34-17-33-21)15-24-29-23(30-35-24)10-6-7-13-28-26(27)18-8-4-3-5-9-18;25-24(16-6-2-1-3-7-16)26-11-5-4-8-21-27-22(33-28-21)13-18(14-23(29)30)17-9-10-19-20(12-17)32-15-31-19;1-2-24-19(23)11-14(13-6-7-15-16(9-13)26-12-25-15)10-18-21-17(22-27-18)5-3-4-8-20;1-2-11-9(10)8-6-4-3-5-7-8;;;/h3-5,8-9,11-12,14,20H,2,6-7,10,13,15-17H2,1H3,(H2,27,28);1-3,6-7,9-10,12,18H,4-5,8,11,13-15H2,(H2,25,26)(H,29,30);6-7,9,14H,2-5,8,10-12,20H2,1H3;3-7,10H,2H2,1H3;3*1H. The van der Waals surface area contributed by atoms with Crippen molar-refractivity contribution in [3.05, 3.63) is 214 Å². The predicted molar refractivity (Wildman–Crippen MR) is 413 cm³/mol. The van der Waals surface area contributed by atoms with Crippen LogP contribution in [0.5, 0.6) is 34.5 Å². The van der Waals surface area contributed by atoms with Crippen LogP contribution in [0.1, 0.15) is 165 Å². The molecule has 0 amide bonds. The van der Waals surface area contributed by atoms with Crippen LogP contribution < -0.4 is 45.6 Å². The van der Waals surface area contributed by atoms with Crippen LogP contribution in [0.4, 0.5) is 0 Å². The molecule has 9 aromatic rings. The number of aliphatic imine (C=N–C) groups is 2. The number of nitrogens with one attached hydrogen (secondary N) is 1. The molecule has 3 unspecified atom stereocenters. The molecule has 584 valence electrons. The number of fused-ring (bicyclic) bond motifs is 3. The first kappa shape index (κ1) is 87.1. The molecule has 6 heterocycles. The number of halogens is 3. The van der Waals surface area contributed by atoms with Crippen LogP contribution >= 0.6 is 37.2 Å². The minimum absolute atomic E-state index is 0. The number of aliphatic carboxylic acids is 1. The molecule has 0 fully saturated rings. The average Bonchev–Trinajstić information content (AvgIpc) is 1.73. The molecular formula is C78H95Cl3N12O16. The summed E-state index contributed by atoms with van der Waals surface area (Å²) in [7, 11) is 0. The number of carbonyl (C=O) groups excluding carboxylic acids is 2. The molecule has 0 aliphatic carbocycles. The van der Waals surface area contributed by atoms with Crippen molar-refractivity contribution in [2.75, 3.05) is 59.8 Å². The highest BCUT2D eigenvalue weighted by Crippen LogP contribution is 2.39. The first-order valence-electron chi connectivity index (χ1n) is 35.6. The van der Waals surface area contributed by atoms with Crippen LogP contribution in [0, 0.1) is 5.41 Å². The first-order valence-corrected chi connectivity index (χ1v) is 35.6. The lowest BCUT2D eigenvalue weighted by Crippen LogP contribution is -2.13. The molecule has 3 aliphatic rings. The molecule has 31 heteroatoms. The van der Waals surface area contributed by atoms with Crippen LogP contribution in [0.3, 0.4) is 0 Å². The Morgan fingerprint density at radius 1 is 0.450 bits per heavy atom. The van der Waals surface area contributed by atoms with Gasteiger partial charge in [-0.1, -0.05) is 113 Å². The Morgan fingerprint density at radius 2 is 0.780 bits per heavy atom. The number of hydrogen-bond donors (Lipinski definition) is 5. The van der Waals surface area contributed by atoms with E-state index in [0.717, 1.165) is 78.3 Å². The number of carbonyl (C=O) groups is 3. The van der Waals surface area contributed by atoms with Gasteiger partial charge in [-0.05, 0) is 131 Å². The van der Waals surface area contributed by atoms with E-state index < -0.39 is 5.97 Å². The molecule has 28 nitrogen and oxygen atoms in total. The number of hydrogen-bond acceptors (Lipinski definition) is 25. The van der Waals surface area contributed by atoms with Gasteiger partial charge in [0.05, 0.1) is 39.1 Å². The quantitative estimate of drug-likeness (QED) is 0.0107. The lowest BCUT2D eigenvalue weighted by atomic mass is 9.92. The smallest absolute Gasteiger partial charge is 0.306 e. The number of benzene rings is 6.